The minimum absolute atomic E-state index is 0.160. The van der Waals surface area contributed by atoms with Crippen LogP contribution < -0.4 is 5.73 Å². The van der Waals surface area contributed by atoms with Crippen molar-refractivity contribution in [1.82, 2.24) is 9.80 Å². The predicted octanol–water partition coefficient (Wildman–Crippen LogP) is 0.584. The molecule has 84 valence electrons. The Balaban J connectivity index is 4.24. The monoisotopic (exact) mass is 209 g/mol. The molecule has 0 heterocycles. The SMILES string of the molecule is CCN(C)C(=O)N(CCN)CC(F)F. The number of carbonyl (C=O) groups excluding carboxylic acids is 1. The third-order valence-electron chi connectivity index (χ3n) is 1.83. The van der Waals surface area contributed by atoms with Gasteiger partial charge in [0.05, 0.1) is 6.54 Å². The zero-order chi connectivity index (χ0) is 11.1. The summed E-state index contributed by atoms with van der Waals surface area (Å²) >= 11 is 0. The van der Waals surface area contributed by atoms with Crippen molar-refractivity contribution in [1.29, 1.82) is 0 Å². The molecule has 0 saturated carbocycles. The average molecular weight is 209 g/mol. The zero-order valence-corrected chi connectivity index (χ0v) is 8.54. The lowest BCUT2D eigenvalue weighted by Crippen LogP contribution is -2.45. The molecule has 0 atom stereocenters. The Morgan fingerprint density at radius 3 is 2.43 bits per heavy atom. The molecular formula is C8H17F2N3O. The first kappa shape index (κ1) is 13.1. The maximum absolute atomic E-state index is 12.1. The Labute approximate surface area is 82.6 Å². The molecule has 0 aromatic carbocycles. The second-order valence-electron chi connectivity index (χ2n) is 2.92. The van der Waals surface area contributed by atoms with Crippen molar-refractivity contribution in [3.05, 3.63) is 0 Å². The number of halogens is 2. The van der Waals surface area contributed by atoms with Gasteiger partial charge in [-0.15, -0.1) is 0 Å². The highest BCUT2D eigenvalue weighted by molar-refractivity contribution is 5.74. The molecule has 2 N–H and O–H groups in total. The van der Waals surface area contributed by atoms with Crippen LogP contribution in [0.2, 0.25) is 0 Å². The van der Waals surface area contributed by atoms with Crippen molar-refractivity contribution in [3.8, 4) is 0 Å². The fourth-order valence-electron chi connectivity index (χ4n) is 0.964. The largest absolute Gasteiger partial charge is 0.329 e. The molecular weight excluding hydrogens is 192 g/mol. The third-order valence-corrected chi connectivity index (χ3v) is 1.83. The first-order valence-corrected chi connectivity index (χ1v) is 4.51. The first-order valence-electron chi connectivity index (χ1n) is 4.51. The van der Waals surface area contributed by atoms with Gasteiger partial charge in [0.15, 0.2) is 0 Å². The second kappa shape index (κ2) is 6.53. The van der Waals surface area contributed by atoms with Crippen molar-refractivity contribution in [3.63, 3.8) is 0 Å². The Hall–Kier alpha value is -0.910. The summed E-state index contributed by atoms with van der Waals surface area (Å²) in [6.45, 7) is 2.06. The van der Waals surface area contributed by atoms with Crippen LogP contribution in [0.25, 0.3) is 0 Å². The van der Waals surface area contributed by atoms with Crippen LogP contribution in [0.4, 0.5) is 13.6 Å². The number of urea groups is 1. The highest BCUT2D eigenvalue weighted by Crippen LogP contribution is 2.01. The summed E-state index contributed by atoms with van der Waals surface area (Å²) in [5.74, 6) is 0. The highest BCUT2D eigenvalue weighted by atomic mass is 19.3. The Morgan fingerprint density at radius 1 is 1.50 bits per heavy atom. The van der Waals surface area contributed by atoms with Gasteiger partial charge in [-0.3, -0.25) is 0 Å². The Bertz CT molecular complexity index is 178. The number of hydrogen-bond donors (Lipinski definition) is 1. The molecule has 0 spiro atoms. The zero-order valence-electron chi connectivity index (χ0n) is 8.54. The number of carbonyl (C=O) groups is 1. The van der Waals surface area contributed by atoms with Crippen LogP contribution in [-0.2, 0) is 0 Å². The quantitative estimate of drug-likeness (QED) is 0.720. The molecule has 0 saturated heterocycles. The van der Waals surface area contributed by atoms with E-state index in [2.05, 4.69) is 0 Å². The van der Waals surface area contributed by atoms with Gasteiger partial charge in [0.1, 0.15) is 0 Å². The number of nitrogens with two attached hydrogens (primary N) is 1. The van der Waals surface area contributed by atoms with Gasteiger partial charge in [-0.25, -0.2) is 13.6 Å². The molecule has 2 amide bonds. The number of amides is 2. The molecule has 0 aliphatic heterocycles. The van der Waals surface area contributed by atoms with Crippen molar-refractivity contribution >= 4 is 6.03 Å². The summed E-state index contributed by atoms with van der Waals surface area (Å²) in [5.41, 5.74) is 5.23. The smallest absolute Gasteiger partial charge is 0.319 e. The van der Waals surface area contributed by atoms with Crippen LogP contribution >= 0.6 is 0 Å². The van der Waals surface area contributed by atoms with Crippen molar-refractivity contribution in [2.24, 2.45) is 5.73 Å². The fourth-order valence-corrected chi connectivity index (χ4v) is 0.964. The molecule has 0 unspecified atom stereocenters. The standard InChI is InChI=1S/C8H17F2N3O/c1-3-12(2)8(14)13(5-4-11)6-7(9)10/h7H,3-6,11H2,1-2H3. The normalized spacial score (nSPS) is 10.4. The van der Waals surface area contributed by atoms with E-state index in [1.807, 2.05) is 0 Å². The van der Waals surface area contributed by atoms with Crippen molar-refractivity contribution in [2.45, 2.75) is 13.3 Å². The molecule has 14 heavy (non-hydrogen) atoms. The van der Waals surface area contributed by atoms with Gasteiger partial charge >= 0.3 is 6.03 Å². The summed E-state index contributed by atoms with van der Waals surface area (Å²) in [5, 5.41) is 0. The summed E-state index contributed by atoms with van der Waals surface area (Å²) in [6.07, 6.45) is -2.52. The van der Waals surface area contributed by atoms with Gasteiger partial charge in [0.2, 0.25) is 0 Å². The van der Waals surface area contributed by atoms with Crippen LogP contribution in [0.15, 0.2) is 0 Å². The van der Waals surface area contributed by atoms with Crippen LogP contribution in [0, 0.1) is 0 Å². The minimum atomic E-state index is -2.52. The van der Waals surface area contributed by atoms with Gasteiger partial charge in [-0.2, -0.15) is 0 Å². The van der Waals surface area contributed by atoms with E-state index in [4.69, 9.17) is 5.73 Å². The van der Waals surface area contributed by atoms with Gasteiger partial charge < -0.3 is 15.5 Å². The number of hydrogen-bond acceptors (Lipinski definition) is 2. The molecule has 0 aromatic heterocycles. The Kier molecular flexibility index (Phi) is 6.11. The van der Waals surface area contributed by atoms with E-state index >= 15 is 0 Å². The van der Waals surface area contributed by atoms with E-state index in [0.29, 0.717) is 6.54 Å². The van der Waals surface area contributed by atoms with Gasteiger partial charge in [-0.1, -0.05) is 0 Å². The van der Waals surface area contributed by atoms with Crippen molar-refractivity contribution in [2.75, 3.05) is 33.2 Å². The highest BCUT2D eigenvalue weighted by Gasteiger charge is 2.19. The number of rotatable bonds is 5. The fraction of sp³-hybridized carbons (Fsp3) is 0.875. The lowest BCUT2D eigenvalue weighted by atomic mass is 10.4. The number of nitrogens with zero attached hydrogens (tertiary/aromatic N) is 2. The van der Waals surface area contributed by atoms with Crippen LogP contribution in [0.3, 0.4) is 0 Å². The lowest BCUT2D eigenvalue weighted by Gasteiger charge is -2.26. The summed E-state index contributed by atoms with van der Waals surface area (Å²) < 4.78 is 24.2. The van der Waals surface area contributed by atoms with E-state index in [-0.39, 0.29) is 13.1 Å². The molecule has 0 aliphatic carbocycles. The predicted molar refractivity (Wildman–Crippen MR) is 50.3 cm³/mol. The molecule has 0 aliphatic rings. The maximum atomic E-state index is 12.1. The molecule has 4 nitrogen and oxygen atoms in total. The molecule has 6 heteroatoms. The Morgan fingerprint density at radius 2 is 2.07 bits per heavy atom. The summed E-state index contributed by atoms with van der Waals surface area (Å²) in [4.78, 5) is 13.9. The van der Waals surface area contributed by atoms with E-state index in [9.17, 15) is 13.6 Å². The van der Waals surface area contributed by atoms with Crippen LogP contribution in [0.1, 0.15) is 6.92 Å². The van der Waals surface area contributed by atoms with Crippen LogP contribution in [0.5, 0.6) is 0 Å². The summed E-state index contributed by atoms with van der Waals surface area (Å²) in [6, 6.07) is -0.404. The van der Waals surface area contributed by atoms with E-state index < -0.39 is 19.0 Å². The van der Waals surface area contributed by atoms with Crippen molar-refractivity contribution < 1.29 is 13.6 Å². The lowest BCUT2D eigenvalue weighted by molar-refractivity contribution is 0.0896. The van der Waals surface area contributed by atoms with Crippen LogP contribution in [-0.4, -0.2) is 55.5 Å². The third kappa shape index (κ3) is 4.36. The average Bonchev–Trinajstić information content (AvgIpc) is 2.14. The van der Waals surface area contributed by atoms with E-state index in [1.165, 1.54) is 4.90 Å². The topological polar surface area (TPSA) is 49.6 Å². The molecule has 0 fully saturated rings. The first-order chi connectivity index (χ1) is 6.52. The summed E-state index contributed by atoms with van der Waals surface area (Å²) in [7, 11) is 1.57. The number of alkyl halides is 2. The molecule has 0 radical (unpaired) electrons. The van der Waals surface area contributed by atoms with Gasteiger partial charge in [0.25, 0.3) is 6.43 Å². The molecule has 0 rings (SSSR count). The second-order valence-corrected chi connectivity index (χ2v) is 2.92. The van der Waals surface area contributed by atoms with Gasteiger partial charge in [-0.05, 0) is 6.92 Å². The minimum Gasteiger partial charge on any atom is -0.329 e. The van der Waals surface area contributed by atoms with Gasteiger partial charge in [0, 0.05) is 26.7 Å². The molecule has 0 bridgehead atoms. The maximum Gasteiger partial charge on any atom is 0.319 e. The molecule has 0 aromatic rings. The van der Waals surface area contributed by atoms with E-state index in [1.54, 1.807) is 14.0 Å². The van der Waals surface area contributed by atoms with E-state index in [0.717, 1.165) is 4.90 Å².